The van der Waals surface area contributed by atoms with Crippen LogP contribution in [0.1, 0.15) is 24.2 Å². The number of hydrogen-bond acceptors (Lipinski definition) is 3. The highest BCUT2D eigenvalue weighted by Crippen LogP contribution is 2.25. The molecule has 1 saturated heterocycles. The SMILES string of the molecule is Cc1nn(C)c(CC(O)C2CCCOC2)c1Cl. The van der Waals surface area contributed by atoms with Crippen LogP contribution in [0.25, 0.3) is 0 Å². The summed E-state index contributed by atoms with van der Waals surface area (Å²) in [4.78, 5) is 0. The maximum Gasteiger partial charge on any atom is 0.0847 e. The molecule has 96 valence electrons. The Morgan fingerprint density at radius 2 is 2.41 bits per heavy atom. The van der Waals surface area contributed by atoms with Crippen LogP contribution in [0.2, 0.25) is 5.02 Å². The number of aryl methyl sites for hydroxylation is 2. The molecular formula is C12H19ClN2O2. The molecule has 2 unspecified atom stereocenters. The van der Waals surface area contributed by atoms with Gasteiger partial charge in [0, 0.05) is 26.0 Å². The topological polar surface area (TPSA) is 47.3 Å². The molecule has 2 atom stereocenters. The Balaban J connectivity index is 2.04. The van der Waals surface area contributed by atoms with Crippen molar-refractivity contribution in [1.29, 1.82) is 0 Å². The van der Waals surface area contributed by atoms with E-state index in [9.17, 15) is 5.11 Å². The van der Waals surface area contributed by atoms with Crippen molar-refractivity contribution in [3.8, 4) is 0 Å². The summed E-state index contributed by atoms with van der Waals surface area (Å²) < 4.78 is 7.15. The molecule has 1 aliphatic heterocycles. The summed E-state index contributed by atoms with van der Waals surface area (Å²) in [7, 11) is 1.86. The van der Waals surface area contributed by atoms with Crippen LogP contribution in [0, 0.1) is 12.8 Å². The first-order valence-corrected chi connectivity index (χ1v) is 6.41. The van der Waals surface area contributed by atoms with Gasteiger partial charge in [-0.1, -0.05) is 11.6 Å². The zero-order valence-electron chi connectivity index (χ0n) is 10.3. The van der Waals surface area contributed by atoms with Crippen molar-refractivity contribution in [3.05, 3.63) is 16.4 Å². The van der Waals surface area contributed by atoms with Crippen LogP contribution < -0.4 is 0 Å². The summed E-state index contributed by atoms with van der Waals surface area (Å²) in [6.07, 6.45) is 2.20. The van der Waals surface area contributed by atoms with E-state index in [1.54, 1.807) is 4.68 Å². The molecule has 0 spiro atoms. The first kappa shape index (κ1) is 12.9. The molecule has 0 aliphatic carbocycles. The average Bonchev–Trinajstić information content (AvgIpc) is 2.57. The zero-order chi connectivity index (χ0) is 12.4. The summed E-state index contributed by atoms with van der Waals surface area (Å²) in [5.41, 5.74) is 1.72. The van der Waals surface area contributed by atoms with E-state index in [0.717, 1.165) is 30.8 Å². The Kier molecular flexibility index (Phi) is 4.07. The normalized spacial score (nSPS) is 22.7. The maximum absolute atomic E-state index is 10.2. The van der Waals surface area contributed by atoms with Crippen LogP contribution in [0.4, 0.5) is 0 Å². The summed E-state index contributed by atoms with van der Waals surface area (Å²) in [6, 6.07) is 0. The molecule has 17 heavy (non-hydrogen) atoms. The molecule has 1 aromatic rings. The number of rotatable bonds is 3. The average molecular weight is 259 g/mol. The van der Waals surface area contributed by atoms with E-state index in [2.05, 4.69) is 5.10 Å². The van der Waals surface area contributed by atoms with E-state index in [1.807, 2.05) is 14.0 Å². The van der Waals surface area contributed by atoms with Crippen molar-refractivity contribution in [2.75, 3.05) is 13.2 Å². The van der Waals surface area contributed by atoms with Crippen molar-refractivity contribution in [2.45, 2.75) is 32.3 Å². The predicted molar refractivity (Wildman–Crippen MR) is 66.2 cm³/mol. The van der Waals surface area contributed by atoms with Crippen molar-refractivity contribution in [2.24, 2.45) is 13.0 Å². The summed E-state index contributed by atoms with van der Waals surface area (Å²) in [6.45, 7) is 3.34. The second-order valence-corrected chi connectivity index (χ2v) is 5.10. The number of ether oxygens (including phenoxy) is 1. The standard InChI is InChI=1S/C12H19ClN2O2/c1-8-12(13)10(15(2)14-8)6-11(16)9-4-3-5-17-7-9/h9,11,16H,3-7H2,1-2H3. The Morgan fingerprint density at radius 1 is 1.65 bits per heavy atom. The van der Waals surface area contributed by atoms with E-state index in [-0.39, 0.29) is 5.92 Å². The van der Waals surface area contributed by atoms with E-state index < -0.39 is 6.10 Å². The van der Waals surface area contributed by atoms with Crippen molar-refractivity contribution >= 4 is 11.6 Å². The lowest BCUT2D eigenvalue weighted by atomic mass is 9.93. The molecule has 2 rings (SSSR count). The largest absolute Gasteiger partial charge is 0.392 e. The van der Waals surface area contributed by atoms with E-state index in [4.69, 9.17) is 16.3 Å². The highest BCUT2D eigenvalue weighted by Gasteiger charge is 2.25. The Morgan fingerprint density at radius 3 is 2.94 bits per heavy atom. The molecule has 4 nitrogen and oxygen atoms in total. The fourth-order valence-electron chi connectivity index (χ4n) is 2.34. The van der Waals surface area contributed by atoms with Crippen molar-refractivity contribution in [3.63, 3.8) is 0 Å². The van der Waals surface area contributed by atoms with Gasteiger partial charge in [-0.05, 0) is 19.8 Å². The molecule has 0 radical (unpaired) electrons. The number of nitrogens with zero attached hydrogens (tertiary/aromatic N) is 2. The molecule has 5 heteroatoms. The van der Waals surface area contributed by atoms with E-state index in [0.29, 0.717) is 18.1 Å². The lowest BCUT2D eigenvalue weighted by Gasteiger charge is -2.26. The number of halogens is 1. The second kappa shape index (κ2) is 5.38. The summed E-state index contributed by atoms with van der Waals surface area (Å²) in [5.74, 6) is 0.218. The smallest absolute Gasteiger partial charge is 0.0847 e. The fourth-order valence-corrected chi connectivity index (χ4v) is 2.57. The van der Waals surface area contributed by atoms with Crippen LogP contribution in [-0.2, 0) is 18.2 Å². The van der Waals surface area contributed by atoms with Gasteiger partial charge in [0.1, 0.15) is 0 Å². The first-order chi connectivity index (χ1) is 8.09. The molecule has 1 fully saturated rings. The Hall–Kier alpha value is -0.580. The third-order valence-electron chi connectivity index (χ3n) is 3.40. The number of aromatic nitrogens is 2. The number of aliphatic hydroxyl groups is 1. The van der Waals surface area contributed by atoms with E-state index in [1.165, 1.54) is 0 Å². The van der Waals surface area contributed by atoms with E-state index >= 15 is 0 Å². The second-order valence-electron chi connectivity index (χ2n) is 4.72. The molecule has 1 aliphatic rings. The third kappa shape index (κ3) is 2.81. The molecule has 0 aromatic carbocycles. The predicted octanol–water partition coefficient (Wildman–Crippen LogP) is 1.71. The molecular weight excluding hydrogens is 240 g/mol. The summed E-state index contributed by atoms with van der Waals surface area (Å²) in [5, 5.41) is 15.1. The minimum Gasteiger partial charge on any atom is -0.392 e. The van der Waals surface area contributed by atoms with Crippen LogP contribution in [0.5, 0.6) is 0 Å². The van der Waals surface area contributed by atoms with Gasteiger partial charge >= 0.3 is 0 Å². The van der Waals surface area contributed by atoms with Gasteiger partial charge in [-0.25, -0.2) is 0 Å². The Bertz CT molecular complexity index is 386. The van der Waals surface area contributed by atoms with Gasteiger partial charge in [0.25, 0.3) is 0 Å². The zero-order valence-corrected chi connectivity index (χ0v) is 11.1. The molecule has 1 aromatic heterocycles. The fraction of sp³-hybridized carbons (Fsp3) is 0.750. The molecule has 2 heterocycles. The molecule has 0 amide bonds. The van der Waals surface area contributed by atoms with Gasteiger partial charge in [0.15, 0.2) is 0 Å². The van der Waals surface area contributed by atoms with Gasteiger partial charge in [-0.15, -0.1) is 0 Å². The minimum absolute atomic E-state index is 0.218. The van der Waals surface area contributed by atoms with Gasteiger partial charge in [0.05, 0.1) is 29.1 Å². The van der Waals surface area contributed by atoms with Gasteiger partial charge in [-0.3, -0.25) is 4.68 Å². The van der Waals surface area contributed by atoms with Gasteiger partial charge < -0.3 is 9.84 Å². The minimum atomic E-state index is -0.400. The lowest BCUT2D eigenvalue weighted by Crippen LogP contribution is -2.31. The quantitative estimate of drug-likeness (QED) is 0.898. The van der Waals surface area contributed by atoms with Crippen LogP contribution in [-0.4, -0.2) is 34.2 Å². The summed E-state index contributed by atoms with van der Waals surface area (Å²) >= 11 is 6.17. The molecule has 1 N–H and O–H groups in total. The lowest BCUT2D eigenvalue weighted by molar-refractivity contribution is -0.00906. The molecule has 0 bridgehead atoms. The monoisotopic (exact) mass is 258 g/mol. The third-order valence-corrected chi connectivity index (χ3v) is 3.90. The highest BCUT2D eigenvalue weighted by molar-refractivity contribution is 6.31. The number of aliphatic hydroxyl groups excluding tert-OH is 1. The van der Waals surface area contributed by atoms with Crippen molar-refractivity contribution < 1.29 is 9.84 Å². The van der Waals surface area contributed by atoms with Crippen LogP contribution >= 0.6 is 11.6 Å². The van der Waals surface area contributed by atoms with Gasteiger partial charge in [-0.2, -0.15) is 5.10 Å². The van der Waals surface area contributed by atoms with Crippen LogP contribution in [0.15, 0.2) is 0 Å². The number of hydrogen-bond donors (Lipinski definition) is 1. The Labute approximate surface area is 107 Å². The van der Waals surface area contributed by atoms with Crippen LogP contribution in [0.3, 0.4) is 0 Å². The molecule has 0 saturated carbocycles. The van der Waals surface area contributed by atoms with Gasteiger partial charge in [0.2, 0.25) is 0 Å². The first-order valence-electron chi connectivity index (χ1n) is 6.03. The van der Waals surface area contributed by atoms with Crippen molar-refractivity contribution in [1.82, 2.24) is 9.78 Å². The maximum atomic E-state index is 10.2. The highest BCUT2D eigenvalue weighted by atomic mass is 35.5.